The van der Waals surface area contributed by atoms with Gasteiger partial charge in [0.25, 0.3) is 0 Å². The second-order valence-electron chi connectivity index (χ2n) is 5.87. The number of nitrogens with one attached hydrogen (secondary N) is 1. The molecule has 1 fully saturated rings. The first-order chi connectivity index (χ1) is 10.4. The van der Waals surface area contributed by atoms with Gasteiger partial charge in [-0.05, 0) is 30.5 Å². The van der Waals surface area contributed by atoms with Gasteiger partial charge < -0.3 is 0 Å². The van der Waals surface area contributed by atoms with Crippen LogP contribution in [0.4, 0.5) is 5.69 Å². The highest BCUT2D eigenvalue weighted by Gasteiger charge is 2.20. The van der Waals surface area contributed by atoms with Crippen molar-refractivity contribution in [3.05, 3.63) is 29.8 Å². The molecule has 0 radical (unpaired) electrons. The van der Waals surface area contributed by atoms with Crippen LogP contribution in [0.5, 0.6) is 0 Å². The van der Waals surface area contributed by atoms with Crippen LogP contribution in [-0.2, 0) is 26.8 Å². The summed E-state index contributed by atoms with van der Waals surface area (Å²) in [5.74, 6) is 0.488. The SMILES string of the molecule is CN(C)S(=O)(=O)Nc1cccc(C[S@@](=O)C2CCCCC2)c1. The van der Waals surface area contributed by atoms with Gasteiger partial charge in [-0.3, -0.25) is 8.93 Å². The minimum Gasteiger partial charge on any atom is -0.271 e. The Morgan fingerprint density at radius 2 is 1.91 bits per heavy atom. The van der Waals surface area contributed by atoms with E-state index in [-0.39, 0.29) is 5.25 Å². The minimum atomic E-state index is -3.51. The van der Waals surface area contributed by atoms with Gasteiger partial charge in [-0.15, -0.1) is 0 Å². The number of nitrogens with zero attached hydrogens (tertiary/aromatic N) is 1. The fourth-order valence-corrected chi connectivity index (χ4v) is 4.79. The van der Waals surface area contributed by atoms with Crippen molar-refractivity contribution >= 4 is 26.7 Å². The molecule has 0 aromatic heterocycles. The Bertz CT molecular complexity index is 623. The van der Waals surface area contributed by atoms with Crippen molar-refractivity contribution < 1.29 is 12.6 Å². The molecule has 0 spiro atoms. The van der Waals surface area contributed by atoms with Gasteiger partial charge in [-0.1, -0.05) is 31.4 Å². The fraction of sp³-hybridized carbons (Fsp3) is 0.600. The predicted molar refractivity (Wildman–Crippen MR) is 91.4 cm³/mol. The van der Waals surface area contributed by atoms with E-state index in [2.05, 4.69) is 4.72 Å². The van der Waals surface area contributed by atoms with Gasteiger partial charge in [-0.25, -0.2) is 0 Å². The summed E-state index contributed by atoms with van der Waals surface area (Å²) in [4.78, 5) is 0. The van der Waals surface area contributed by atoms with Crippen LogP contribution in [0.3, 0.4) is 0 Å². The summed E-state index contributed by atoms with van der Waals surface area (Å²) in [7, 11) is -1.44. The van der Waals surface area contributed by atoms with Gasteiger partial charge >= 0.3 is 10.2 Å². The molecule has 5 nitrogen and oxygen atoms in total. The Balaban J connectivity index is 2.03. The zero-order valence-corrected chi connectivity index (χ0v) is 14.8. The summed E-state index contributed by atoms with van der Waals surface area (Å²) in [5.41, 5.74) is 1.41. The van der Waals surface area contributed by atoms with Crippen LogP contribution in [0.1, 0.15) is 37.7 Å². The van der Waals surface area contributed by atoms with Gasteiger partial charge in [-0.2, -0.15) is 12.7 Å². The first-order valence-corrected chi connectivity index (χ1v) is 10.4. The van der Waals surface area contributed by atoms with E-state index in [4.69, 9.17) is 0 Å². The summed E-state index contributed by atoms with van der Waals surface area (Å²) < 4.78 is 39.7. The Morgan fingerprint density at radius 1 is 1.23 bits per heavy atom. The number of anilines is 1. The topological polar surface area (TPSA) is 66.5 Å². The fourth-order valence-electron chi connectivity index (χ4n) is 2.57. The minimum absolute atomic E-state index is 0.288. The van der Waals surface area contributed by atoms with Gasteiger partial charge in [0.1, 0.15) is 0 Å². The zero-order chi connectivity index (χ0) is 16.2. The van der Waals surface area contributed by atoms with Gasteiger partial charge in [0.2, 0.25) is 0 Å². The van der Waals surface area contributed by atoms with E-state index in [9.17, 15) is 12.6 Å². The smallest absolute Gasteiger partial charge is 0.271 e. The maximum absolute atomic E-state index is 12.4. The molecule has 22 heavy (non-hydrogen) atoms. The molecule has 1 saturated carbocycles. The summed E-state index contributed by atoms with van der Waals surface area (Å²) >= 11 is 0. The molecule has 2 rings (SSSR count). The third kappa shape index (κ3) is 4.79. The van der Waals surface area contributed by atoms with Crippen molar-refractivity contribution in [2.45, 2.75) is 43.1 Å². The van der Waals surface area contributed by atoms with Crippen molar-refractivity contribution in [2.75, 3.05) is 18.8 Å². The average molecular weight is 345 g/mol. The molecule has 1 atom stereocenters. The predicted octanol–water partition coefficient (Wildman–Crippen LogP) is 2.49. The van der Waals surface area contributed by atoms with E-state index in [1.54, 1.807) is 18.2 Å². The molecule has 1 aromatic rings. The highest BCUT2D eigenvalue weighted by atomic mass is 32.2. The highest BCUT2D eigenvalue weighted by Crippen LogP contribution is 2.24. The Hall–Kier alpha value is -0.920. The second kappa shape index (κ2) is 7.57. The maximum atomic E-state index is 12.4. The number of hydrogen-bond acceptors (Lipinski definition) is 3. The van der Waals surface area contributed by atoms with E-state index in [1.807, 2.05) is 6.07 Å². The van der Waals surface area contributed by atoms with E-state index in [1.165, 1.54) is 33.4 Å². The number of hydrogen-bond donors (Lipinski definition) is 1. The van der Waals surface area contributed by atoms with Gasteiger partial charge in [0.15, 0.2) is 0 Å². The molecule has 0 bridgehead atoms. The van der Waals surface area contributed by atoms with Crippen LogP contribution in [0.2, 0.25) is 0 Å². The molecule has 0 heterocycles. The Kier molecular flexibility index (Phi) is 6.00. The van der Waals surface area contributed by atoms with Crippen LogP contribution < -0.4 is 4.72 Å². The second-order valence-corrected chi connectivity index (χ2v) is 9.48. The number of benzene rings is 1. The molecule has 7 heteroatoms. The van der Waals surface area contributed by atoms with Crippen molar-refractivity contribution in [3.8, 4) is 0 Å². The largest absolute Gasteiger partial charge is 0.301 e. The molecule has 0 amide bonds. The third-order valence-corrected chi connectivity index (χ3v) is 7.18. The Labute approximate surface area is 135 Å². The lowest BCUT2D eigenvalue weighted by atomic mass is 10.0. The van der Waals surface area contributed by atoms with E-state index in [0.29, 0.717) is 11.4 Å². The molecule has 1 N–H and O–H groups in total. The zero-order valence-electron chi connectivity index (χ0n) is 13.1. The molecule has 1 aliphatic carbocycles. The molecule has 0 aliphatic heterocycles. The van der Waals surface area contributed by atoms with E-state index < -0.39 is 21.0 Å². The van der Waals surface area contributed by atoms with Crippen LogP contribution in [0.15, 0.2) is 24.3 Å². The molecular formula is C15H24N2O3S2. The van der Waals surface area contributed by atoms with Crippen LogP contribution in [0.25, 0.3) is 0 Å². The van der Waals surface area contributed by atoms with Crippen molar-refractivity contribution in [1.29, 1.82) is 0 Å². The van der Waals surface area contributed by atoms with E-state index >= 15 is 0 Å². The van der Waals surface area contributed by atoms with Crippen LogP contribution >= 0.6 is 0 Å². The van der Waals surface area contributed by atoms with Crippen molar-refractivity contribution in [3.63, 3.8) is 0 Å². The number of rotatable bonds is 6. The third-order valence-electron chi connectivity index (χ3n) is 3.89. The normalized spacial score (nSPS) is 18.3. The molecule has 124 valence electrons. The van der Waals surface area contributed by atoms with Crippen LogP contribution in [-0.4, -0.2) is 36.3 Å². The maximum Gasteiger partial charge on any atom is 0.301 e. The van der Waals surface area contributed by atoms with Crippen molar-refractivity contribution in [1.82, 2.24) is 4.31 Å². The lowest BCUT2D eigenvalue weighted by Gasteiger charge is -2.21. The molecule has 1 aromatic carbocycles. The summed E-state index contributed by atoms with van der Waals surface area (Å²) in [6.07, 6.45) is 5.66. The lowest BCUT2D eigenvalue weighted by molar-refractivity contribution is 0.504. The summed E-state index contributed by atoms with van der Waals surface area (Å²) in [6.45, 7) is 0. The highest BCUT2D eigenvalue weighted by molar-refractivity contribution is 7.90. The first-order valence-electron chi connectivity index (χ1n) is 7.55. The molecule has 0 saturated heterocycles. The molecule has 1 aliphatic rings. The average Bonchev–Trinajstić information content (AvgIpc) is 2.48. The van der Waals surface area contributed by atoms with Crippen LogP contribution in [0, 0.1) is 0 Å². The summed E-state index contributed by atoms with van der Waals surface area (Å²) in [5, 5.41) is 0.288. The standard InChI is InChI=1S/C15H24N2O3S2/c1-17(2)22(19,20)16-14-8-6-7-13(11-14)12-21(18)15-9-4-3-5-10-15/h6-8,11,15-16H,3-5,9-10,12H2,1-2H3/t21-/m1/s1. The summed E-state index contributed by atoms with van der Waals surface area (Å²) in [6, 6.07) is 7.16. The monoisotopic (exact) mass is 344 g/mol. The quantitative estimate of drug-likeness (QED) is 0.862. The van der Waals surface area contributed by atoms with Crippen molar-refractivity contribution in [2.24, 2.45) is 0 Å². The molecular weight excluding hydrogens is 320 g/mol. The Morgan fingerprint density at radius 3 is 2.55 bits per heavy atom. The van der Waals surface area contributed by atoms with E-state index in [0.717, 1.165) is 22.7 Å². The van der Waals surface area contributed by atoms with Gasteiger partial charge in [0, 0.05) is 35.9 Å². The lowest BCUT2D eigenvalue weighted by Crippen LogP contribution is -2.28. The van der Waals surface area contributed by atoms with Gasteiger partial charge in [0.05, 0.1) is 5.69 Å². The first kappa shape index (κ1) is 17.4. The molecule has 0 unspecified atom stereocenters.